The molecule has 1 aromatic heterocycles. The van der Waals surface area contributed by atoms with Crippen LogP contribution >= 0.6 is 0 Å². The van der Waals surface area contributed by atoms with E-state index in [-0.39, 0.29) is 11.0 Å². The molecular formula is C12H20N4O3S. The van der Waals surface area contributed by atoms with Crippen molar-refractivity contribution in [1.82, 2.24) is 9.29 Å². The Morgan fingerprint density at radius 1 is 1.50 bits per heavy atom. The number of aromatic nitrogens is 1. The Kier molecular flexibility index (Phi) is 4.59. The summed E-state index contributed by atoms with van der Waals surface area (Å²) in [4.78, 5) is 6.48. The molecule has 0 aromatic carbocycles. The maximum atomic E-state index is 12.0. The molecule has 1 aliphatic rings. The molecule has 1 fully saturated rings. The van der Waals surface area contributed by atoms with Crippen LogP contribution in [0.3, 0.4) is 0 Å². The first-order chi connectivity index (χ1) is 9.45. The van der Waals surface area contributed by atoms with E-state index >= 15 is 0 Å². The molecule has 0 bridgehead atoms. The van der Waals surface area contributed by atoms with Crippen molar-refractivity contribution in [2.75, 3.05) is 45.2 Å². The zero-order valence-corrected chi connectivity index (χ0v) is 12.5. The molecule has 1 saturated heterocycles. The number of pyridine rings is 1. The van der Waals surface area contributed by atoms with Crippen LogP contribution in [0.5, 0.6) is 0 Å². The lowest BCUT2D eigenvalue weighted by molar-refractivity contribution is 0.0463. The summed E-state index contributed by atoms with van der Waals surface area (Å²) >= 11 is 0. The minimum absolute atomic E-state index is 0.00395. The summed E-state index contributed by atoms with van der Waals surface area (Å²) in [6, 6.07) is 3.29. The van der Waals surface area contributed by atoms with Crippen LogP contribution in [-0.2, 0) is 14.8 Å². The van der Waals surface area contributed by atoms with E-state index in [4.69, 9.17) is 10.5 Å². The maximum absolute atomic E-state index is 12.0. The van der Waals surface area contributed by atoms with Crippen LogP contribution in [-0.4, -0.2) is 64.1 Å². The van der Waals surface area contributed by atoms with Crippen LogP contribution in [0.2, 0.25) is 0 Å². The highest BCUT2D eigenvalue weighted by Crippen LogP contribution is 2.18. The highest BCUT2D eigenvalue weighted by Gasteiger charge is 2.22. The van der Waals surface area contributed by atoms with Crippen molar-refractivity contribution < 1.29 is 13.2 Å². The molecule has 0 aliphatic carbocycles. The van der Waals surface area contributed by atoms with Crippen LogP contribution < -0.4 is 10.6 Å². The Morgan fingerprint density at radius 3 is 2.80 bits per heavy atom. The lowest BCUT2D eigenvalue weighted by Crippen LogP contribution is -2.46. The maximum Gasteiger partial charge on any atom is 0.244 e. The van der Waals surface area contributed by atoms with Crippen molar-refractivity contribution in [2.24, 2.45) is 5.73 Å². The van der Waals surface area contributed by atoms with E-state index in [9.17, 15) is 8.42 Å². The lowest BCUT2D eigenvalue weighted by atomic mass is 10.2. The Morgan fingerprint density at radius 2 is 2.25 bits per heavy atom. The Labute approximate surface area is 119 Å². The highest BCUT2D eigenvalue weighted by atomic mass is 32.2. The van der Waals surface area contributed by atoms with E-state index in [1.165, 1.54) is 24.6 Å². The predicted octanol–water partition coefficient (Wildman–Crippen LogP) is -0.504. The van der Waals surface area contributed by atoms with E-state index in [1.54, 1.807) is 12.1 Å². The standard InChI is InChI=1S/C12H20N4O3S/c1-15(2)20(17,18)11-3-4-12(14-8-11)16-5-6-19-10(7-13)9-16/h3-4,8,10H,5-7,9,13H2,1-2H3. The molecular weight excluding hydrogens is 280 g/mol. The second kappa shape index (κ2) is 6.04. The molecule has 0 saturated carbocycles. The van der Waals surface area contributed by atoms with Crippen molar-refractivity contribution in [3.8, 4) is 0 Å². The zero-order valence-electron chi connectivity index (χ0n) is 11.7. The van der Waals surface area contributed by atoms with E-state index in [2.05, 4.69) is 4.98 Å². The normalized spacial score (nSPS) is 20.4. The van der Waals surface area contributed by atoms with Crippen LogP contribution in [0.4, 0.5) is 5.82 Å². The molecule has 1 aromatic rings. The quantitative estimate of drug-likeness (QED) is 0.806. The molecule has 0 amide bonds. The van der Waals surface area contributed by atoms with Gasteiger partial charge in [-0.3, -0.25) is 0 Å². The molecule has 112 valence electrons. The first-order valence-corrected chi connectivity index (χ1v) is 7.84. The van der Waals surface area contributed by atoms with Gasteiger partial charge in [-0.1, -0.05) is 0 Å². The van der Waals surface area contributed by atoms with Gasteiger partial charge in [0, 0.05) is 39.9 Å². The number of anilines is 1. The SMILES string of the molecule is CN(C)S(=O)(=O)c1ccc(N2CCOC(CN)C2)nc1. The van der Waals surface area contributed by atoms with Gasteiger partial charge in [-0.2, -0.15) is 0 Å². The molecule has 2 N–H and O–H groups in total. The van der Waals surface area contributed by atoms with Crippen molar-refractivity contribution in [3.63, 3.8) is 0 Å². The molecule has 1 aliphatic heterocycles. The van der Waals surface area contributed by atoms with Gasteiger partial charge in [-0.15, -0.1) is 0 Å². The fourth-order valence-electron chi connectivity index (χ4n) is 1.99. The summed E-state index contributed by atoms with van der Waals surface area (Å²) in [7, 11) is -0.438. The number of nitrogens with zero attached hydrogens (tertiary/aromatic N) is 3. The third-order valence-corrected chi connectivity index (χ3v) is 5.02. The number of hydrogen-bond donors (Lipinski definition) is 1. The number of rotatable bonds is 4. The molecule has 7 nitrogen and oxygen atoms in total. The summed E-state index contributed by atoms with van der Waals surface area (Å²) in [6.45, 7) is 2.46. The molecule has 0 spiro atoms. The minimum atomic E-state index is -3.43. The van der Waals surface area contributed by atoms with Gasteiger partial charge in [0.25, 0.3) is 0 Å². The second-order valence-electron chi connectivity index (χ2n) is 4.81. The van der Waals surface area contributed by atoms with E-state index in [0.29, 0.717) is 19.7 Å². The number of morpholine rings is 1. The third kappa shape index (κ3) is 3.09. The van der Waals surface area contributed by atoms with E-state index in [1.807, 2.05) is 4.90 Å². The van der Waals surface area contributed by atoms with Gasteiger partial charge in [-0.25, -0.2) is 17.7 Å². The summed E-state index contributed by atoms with van der Waals surface area (Å²) in [5.41, 5.74) is 5.60. The molecule has 1 unspecified atom stereocenters. The summed E-state index contributed by atoms with van der Waals surface area (Å²) < 4.78 is 30.6. The number of hydrogen-bond acceptors (Lipinski definition) is 6. The van der Waals surface area contributed by atoms with Crippen molar-refractivity contribution >= 4 is 15.8 Å². The lowest BCUT2D eigenvalue weighted by Gasteiger charge is -2.33. The van der Waals surface area contributed by atoms with Gasteiger partial charge in [0.2, 0.25) is 10.0 Å². The van der Waals surface area contributed by atoms with Crippen LogP contribution in [0.1, 0.15) is 0 Å². The second-order valence-corrected chi connectivity index (χ2v) is 6.97. The topological polar surface area (TPSA) is 88.8 Å². The monoisotopic (exact) mass is 300 g/mol. The first-order valence-electron chi connectivity index (χ1n) is 6.40. The number of sulfonamides is 1. The van der Waals surface area contributed by atoms with Gasteiger partial charge in [0.15, 0.2) is 0 Å². The van der Waals surface area contributed by atoms with Crippen molar-refractivity contribution in [2.45, 2.75) is 11.0 Å². The van der Waals surface area contributed by atoms with Gasteiger partial charge >= 0.3 is 0 Å². The van der Waals surface area contributed by atoms with Gasteiger partial charge in [0.1, 0.15) is 10.7 Å². The Balaban J connectivity index is 2.16. The molecule has 8 heteroatoms. The molecule has 0 radical (unpaired) electrons. The average molecular weight is 300 g/mol. The summed E-state index contributed by atoms with van der Waals surface area (Å²) in [5.74, 6) is 0.740. The highest BCUT2D eigenvalue weighted by molar-refractivity contribution is 7.89. The first kappa shape index (κ1) is 15.2. The Hall–Kier alpha value is -1.22. The van der Waals surface area contributed by atoms with E-state index < -0.39 is 10.0 Å². The molecule has 20 heavy (non-hydrogen) atoms. The predicted molar refractivity (Wildman–Crippen MR) is 76.1 cm³/mol. The van der Waals surface area contributed by atoms with Gasteiger partial charge < -0.3 is 15.4 Å². The summed E-state index contributed by atoms with van der Waals surface area (Å²) in [6.07, 6.45) is 1.38. The van der Waals surface area contributed by atoms with Crippen LogP contribution in [0.25, 0.3) is 0 Å². The summed E-state index contributed by atoms with van der Waals surface area (Å²) in [5, 5.41) is 0. The fraction of sp³-hybridized carbons (Fsp3) is 0.583. The molecule has 2 heterocycles. The third-order valence-electron chi connectivity index (χ3n) is 3.22. The smallest absolute Gasteiger partial charge is 0.244 e. The van der Waals surface area contributed by atoms with Crippen molar-refractivity contribution in [3.05, 3.63) is 18.3 Å². The van der Waals surface area contributed by atoms with E-state index in [0.717, 1.165) is 12.4 Å². The molecule has 2 rings (SSSR count). The minimum Gasteiger partial charge on any atom is -0.373 e. The number of ether oxygens (including phenoxy) is 1. The van der Waals surface area contributed by atoms with Gasteiger partial charge in [0.05, 0.1) is 12.7 Å². The van der Waals surface area contributed by atoms with Crippen molar-refractivity contribution in [1.29, 1.82) is 0 Å². The Bertz CT molecular complexity index is 544. The van der Waals surface area contributed by atoms with Crippen LogP contribution in [0, 0.1) is 0 Å². The van der Waals surface area contributed by atoms with Gasteiger partial charge in [-0.05, 0) is 12.1 Å². The zero-order chi connectivity index (χ0) is 14.8. The fourth-order valence-corrected chi connectivity index (χ4v) is 2.84. The number of nitrogens with two attached hydrogens (primary N) is 1. The van der Waals surface area contributed by atoms with Crippen LogP contribution in [0.15, 0.2) is 23.2 Å². The largest absolute Gasteiger partial charge is 0.373 e. The molecule has 1 atom stereocenters. The average Bonchev–Trinajstić information content (AvgIpc) is 2.47.